The first-order valence-corrected chi connectivity index (χ1v) is 9.23. The maximum absolute atomic E-state index is 13.4. The minimum absolute atomic E-state index is 0.341. The molecule has 0 fully saturated rings. The van der Waals surface area contributed by atoms with Gasteiger partial charge < -0.3 is 5.32 Å². The molecule has 1 aromatic carbocycles. The van der Waals surface area contributed by atoms with Crippen LogP contribution in [-0.4, -0.2) is 32.0 Å². The molecule has 1 N–H and O–H groups in total. The number of rotatable bonds is 7. The molecule has 0 radical (unpaired) electrons. The van der Waals surface area contributed by atoms with E-state index in [1.165, 1.54) is 24.5 Å². The van der Waals surface area contributed by atoms with E-state index in [2.05, 4.69) is 5.32 Å². The fraction of sp³-hybridized carbons (Fsp3) is 0.600. The normalized spacial score (nSPS) is 14.2. The van der Waals surface area contributed by atoms with Crippen molar-refractivity contribution < 1.29 is 12.8 Å². The lowest BCUT2D eigenvalue weighted by Gasteiger charge is -2.34. The van der Waals surface area contributed by atoms with Crippen molar-refractivity contribution in [2.45, 2.75) is 44.4 Å². The van der Waals surface area contributed by atoms with Crippen LogP contribution < -0.4 is 5.32 Å². The van der Waals surface area contributed by atoms with Gasteiger partial charge in [0.05, 0.1) is 4.75 Å². The van der Waals surface area contributed by atoms with Crippen molar-refractivity contribution in [1.29, 1.82) is 0 Å². The number of halogens is 2. The monoisotopic (exact) mass is 335 g/mol. The van der Waals surface area contributed by atoms with Gasteiger partial charge in [-0.1, -0.05) is 18.5 Å². The average Bonchev–Trinajstić information content (AvgIpc) is 2.36. The molecule has 0 saturated carbocycles. The highest BCUT2D eigenvalue weighted by atomic mass is 35.5. The molecule has 0 aliphatic carbocycles. The fourth-order valence-electron chi connectivity index (χ4n) is 2.06. The molecule has 1 aromatic rings. The van der Waals surface area contributed by atoms with Crippen LogP contribution in [0.1, 0.15) is 32.8 Å². The third-order valence-corrected chi connectivity index (χ3v) is 6.43. The zero-order valence-electron chi connectivity index (χ0n) is 12.9. The number of benzene rings is 1. The van der Waals surface area contributed by atoms with Gasteiger partial charge in [0.15, 0.2) is 9.84 Å². The largest absolute Gasteiger partial charge is 0.312 e. The van der Waals surface area contributed by atoms with Gasteiger partial charge >= 0.3 is 0 Å². The SMILES string of the molecule is CCCNC(Cc1cc(F)ccc1Cl)C(C)(C)S(C)(=O)=O. The Bertz CT molecular complexity index is 587. The molecule has 0 saturated heterocycles. The van der Waals surface area contributed by atoms with Gasteiger partial charge in [0.1, 0.15) is 5.82 Å². The summed E-state index contributed by atoms with van der Waals surface area (Å²) in [6.07, 6.45) is 2.46. The molecule has 0 amide bonds. The standard InChI is InChI=1S/C15H23ClFNO2S/c1-5-8-18-14(15(2,3)21(4,19)20)10-11-9-12(17)6-7-13(11)16/h6-7,9,14,18H,5,8,10H2,1-4H3. The molecule has 0 aromatic heterocycles. The van der Waals surface area contributed by atoms with Gasteiger partial charge in [-0.15, -0.1) is 0 Å². The highest BCUT2D eigenvalue weighted by molar-refractivity contribution is 7.92. The smallest absolute Gasteiger partial charge is 0.154 e. The molecule has 120 valence electrons. The minimum Gasteiger partial charge on any atom is -0.312 e. The van der Waals surface area contributed by atoms with Crippen LogP contribution in [0.2, 0.25) is 5.02 Å². The van der Waals surface area contributed by atoms with E-state index >= 15 is 0 Å². The first-order valence-electron chi connectivity index (χ1n) is 6.96. The topological polar surface area (TPSA) is 46.2 Å². The van der Waals surface area contributed by atoms with E-state index in [1.54, 1.807) is 13.8 Å². The van der Waals surface area contributed by atoms with Crippen LogP contribution in [0, 0.1) is 5.82 Å². The maximum atomic E-state index is 13.4. The van der Waals surface area contributed by atoms with E-state index in [1.807, 2.05) is 6.92 Å². The van der Waals surface area contributed by atoms with Crippen LogP contribution in [0.5, 0.6) is 0 Å². The Morgan fingerprint density at radius 3 is 2.52 bits per heavy atom. The van der Waals surface area contributed by atoms with Gasteiger partial charge in [-0.05, 0) is 57.0 Å². The molecule has 21 heavy (non-hydrogen) atoms. The van der Waals surface area contributed by atoms with Crippen LogP contribution in [-0.2, 0) is 16.3 Å². The van der Waals surface area contributed by atoms with E-state index in [0.29, 0.717) is 23.6 Å². The molecule has 1 rings (SSSR count). The summed E-state index contributed by atoms with van der Waals surface area (Å²) in [6, 6.07) is 3.81. The predicted molar refractivity (Wildman–Crippen MR) is 86.1 cm³/mol. The molecule has 0 aliphatic rings. The third kappa shape index (κ3) is 4.66. The molecule has 0 heterocycles. The molecular weight excluding hydrogens is 313 g/mol. The van der Waals surface area contributed by atoms with E-state index in [4.69, 9.17) is 11.6 Å². The summed E-state index contributed by atoms with van der Waals surface area (Å²) in [7, 11) is -3.27. The molecule has 0 aliphatic heterocycles. The summed E-state index contributed by atoms with van der Waals surface area (Å²) in [5, 5.41) is 3.70. The molecule has 3 nitrogen and oxygen atoms in total. The predicted octanol–water partition coefficient (Wildman–Crippen LogP) is 3.21. The molecule has 1 atom stereocenters. The second kappa shape index (κ2) is 7.07. The van der Waals surface area contributed by atoms with Crippen molar-refractivity contribution in [3.63, 3.8) is 0 Å². The van der Waals surface area contributed by atoms with Gasteiger partial charge in [0, 0.05) is 17.3 Å². The van der Waals surface area contributed by atoms with Crippen molar-refractivity contribution in [1.82, 2.24) is 5.32 Å². The van der Waals surface area contributed by atoms with Gasteiger partial charge in [0.2, 0.25) is 0 Å². The first-order chi connectivity index (χ1) is 9.59. The first kappa shape index (κ1) is 18.4. The lowest BCUT2D eigenvalue weighted by molar-refractivity contribution is 0.406. The Labute approximate surface area is 131 Å². The van der Waals surface area contributed by atoms with Gasteiger partial charge in [0.25, 0.3) is 0 Å². The molecule has 6 heteroatoms. The van der Waals surface area contributed by atoms with E-state index in [-0.39, 0.29) is 11.9 Å². The summed E-state index contributed by atoms with van der Waals surface area (Å²) in [6.45, 7) is 6.06. The lowest BCUT2D eigenvalue weighted by atomic mass is 9.95. The van der Waals surface area contributed by atoms with E-state index < -0.39 is 14.6 Å². The van der Waals surface area contributed by atoms with Crippen LogP contribution in [0.3, 0.4) is 0 Å². The fourth-order valence-corrected chi connectivity index (χ4v) is 2.94. The van der Waals surface area contributed by atoms with E-state index in [9.17, 15) is 12.8 Å². The van der Waals surface area contributed by atoms with Crippen LogP contribution in [0.15, 0.2) is 18.2 Å². The van der Waals surface area contributed by atoms with Crippen LogP contribution >= 0.6 is 11.6 Å². The second-order valence-electron chi connectivity index (χ2n) is 5.82. The van der Waals surface area contributed by atoms with Crippen LogP contribution in [0.25, 0.3) is 0 Å². The summed E-state index contributed by atoms with van der Waals surface area (Å²) >= 11 is 6.09. The molecule has 0 bridgehead atoms. The number of sulfone groups is 1. The van der Waals surface area contributed by atoms with Crippen LogP contribution in [0.4, 0.5) is 4.39 Å². The van der Waals surface area contributed by atoms with Crippen molar-refractivity contribution in [2.24, 2.45) is 0 Å². The number of hydrogen-bond donors (Lipinski definition) is 1. The molecular formula is C15H23ClFNO2S. The van der Waals surface area contributed by atoms with Gasteiger partial charge in [-0.3, -0.25) is 0 Å². The Morgan fingerprint density at radius 1 is 1.38 bits per heavy atom. The average molecular weight is 336 g/mol. The Kier molecular flexibility index (Phi) is 6.20. The summed E-state index contributed by atoms with van der Waals surface area (Å²) < 4.78 is 36.5. The second-order valence-corrected chi connectivity index (χ2v) is 8.83. The minimum atomic E-state index is -3.27. The zero-order valence-corrected chi connectivity index (χ0v) is 14.5. The van der Waals surface area contributed by atoms with Gasteiger partial charge in [-0.25, -0.2) is 12.8 Å². The number of nitrogens with one attached hydrogen (secondary N) is 1. The van der Waals surface area contributed by atoms with Crippen molar-refractivity contribution >= 4 is 21.4 Å². The highest BCUT2D eigenvalue weighted by Crippen LogP contribution is 2.26. The van der Waals surface area contributed by atoms with Crippen molar-refractivity contribution in [2.75, 3.05) is 12.8 Å². The Hall–Kier alpha value is -0.650. The van der Waals surface area contributed by atoms with Crippen molar-refractivity contribution in [3.8, 4) is 0 Å². The number of hydrogen-bond acceptors (Lipinski definition) is 3. The molecule has 1 unspecified atom stereocenters. The van der Waals surface area contributed by atoms with E-state index in [0.717, 1.165) is 6.42 Å². The van der Waals surface area contributed by atoms with Gasteiger partial charge in [-0.2, -0.15) is 0 Å². The Balaban J connectivity index is 3.12. The van der Waals surface area contributed by atoms with Crippen molar-refractivity contribution in [3.05, 3.63) is 34.6 Å². The maximum Gasteiger partial charge on any atom is 0.154 e. The molecule has 0 spiro atoms. The lowest BCUT2D eigenvalue weighted by Crippen LogP contribution is -2.52. The summed E-state index contributed by atoms with van der Waals surface area (Å²) in [5.41, 5.74) is 0.613. The quantitative estimate of drug-likeness (QED) is 0.832. The highest BCUT2D eigenvalue weighted by Gasteiger charge is 2.38. The Morgan fingerprint density at radius 2 is 2.00 bits per heavy atom. The summed E-state index contributed by atoms with van der Waals surface area (Å²) in [4.78, 5) is 0. The third-order valence-electron chi connectivity index (χ3n) is 3.87. The summed E-state index contributed by atoms with van der Waals surface area (Å²) in [5.74, 6) is -0.374. The zero-order chi connectivity index (χ0) is 16.3.